The zero-order chi connectivity index (χ0) is 16.2. The highest BCUT2D eigenvalue weighted by Gasteiger charge is 2.16. The van der Waals surface area contributed by atoms with Crippen LogP contribution in [0.5, 0.6) is 0 Å². The van der Waals surface area contributed by atoms with Crippen LogP contribution in [0.2, 0.25) is 0 Å². The predicted octanol–water partition coefficient (Wildman–Crippen LogP) is 4.80. The molecule has 116 valence electrons. The number of anilines is 5. The molecule has 23 heavy (non-hydrogen) atoms. The summed E-state index contributed by atoms with van der Waals surface area (Å²) in [5.74, 6) is 0. The second-order valence-electron chi connectivity index (χ2n) is 5.65. The van der Waals surface area contributed by atoms with Gasteiger partial charge in [0.15, 0.2) is 0 Å². The van der Waals surface area contributed by atoms with Crippen molar-refractivity contribution in [3.05, 3.63) is 78.9 Å². The van der Waals surface area contributed by atoms with Crippen molar-refractivity contribution in [3.8, 4) is 0 Å². The molecule has 0 saturated heterocycles. The second kappa shape index (κ2) is 6.44. The van der Waals surface area contributed by atoms with Crippen LogP contribution >= 0.6 is 0 Å². The Labute approximate surface area is 137 Å². The molecular formula is C20H21N3. The molecule has 0 saturated carbocycles. The Hall–Kier alpha value is -2.94. The van der Waals surface area contributed by atoms with Crippen LogP contribution < -0.4 is 15.5 Å². The van der Waals surface area contributed by atoms with E-state index in [1.165, 1.54) is 0 Å². The Bertz CT molecular complexity index is 764. The quantitative estimate of drug-likeness (QED) is 0.702. The Kier molecular flexibility index (Phi) is 4.20. The molecule has 0 aliphatic rings. The van der Waals surface area contributed by atoms with E-state index in [0.29, 0.717) is 0 Å². The van der Waals surface area contributed by atoms with Crippen LogP contribution in [0.1, 0.15) is 0 Å². The molecule has 2 N–H and O–H groups in total. The standard InChI is InChI=1S/C20H21N3/c1-22(2)19-10-6-7-11-20(19)23(17-8-4-3-5-9-17)18-14-12-16(21)13-15-18/h3-15H,21H2,1-2H3. The summed E-state index contributed by atoms with van der Waals surface area (Å²) in [5, 5.41) is 0. The molecule has 3 aromatic carbocycles. The fourth-order valence-corrected chi connectivity index (χ4v) is 2.66. The molecule has 0 amide bonds. The lowest BCUT2D eigenvalue weighted by molar-refractivity contribution is 1.12. The highest BCUT2D eigenvalue weighted by Crippen LogP contribution is 2.39. The minimum atomic E-state index is 0.766. The van der Waals surface area contributed by atoms with Gasteiger partial charge in [0, 0.05) is 31.2 Å². The maximum Gasteiger partial charge on any atom is 0.0695 e. The first kappa shape index (κ1) is 15.0. The number of nitrogens with two attached hydrogens (primary N) is 1. The summed E-state index contributed by atoms with van der Waals surface area (Å²) < 4.78 is 0. The van der Waals surface area contributed by atoms with Crippen LogP contribution in [0.25, 0.3) is 0 Å². The van der Waals surface area contributed by atoms with Crippen LogP contribution in [-0.2, 0) is 0 Å². The number of nitrogens with zero attached hydrogens (tertiary/aromatic N) is 2. The monoisotopic (exact) mass is 303 g/mol. The zero-order valence-electron chi connectivity index (χ0n) is 13.5. The third-order valence-corrected chi connectivity index (χ3v) is 3.77. The van der Waals surface area contributed by atoms with Gasteiger partial charge in [0.25, 0.3) is 0 Å². The molecule has 0 aromatic heterocycles. The SMILES string of the molecule is CN(C)c1ccccc1N(c1ccccc1)c1ccc(N)cc1. The fourth-order valence-electron chi connectivity index (χ4n) is 2.66. The van der Waals surface area contributed by atoms with Gasteiger partial charge >= 0.3 is 0 Å². The molecule has 0 spiro atoms. The Morgan fingerprint density at radius 1 is 0.609 bits per heavy atom. The van der Waals surface area contributed by atoms with Gasteiger partial charge in [-0.25, -0.2) is 0 Å². The van der Waals surface area contributed by atoms with E-state index in [1.807, 2.05) is 18.2 Å². The number of rotatable bonds is 4. The molecule has 3 aromatic rings. The van der Waals surface area contributed by atoms with Gasteiger partial charge < -0.3 is 15.5 Å². The molecule has 0 bridgehead atoms. The van der Waals surface area contributed by atoms with Crippen LogP contribution in [-0.4, -0.2) is 14.1 Å². The van der Waals surface area contributed by atoms with E-state index < -0.39 is 0 Å². The molecule has 3 heteroatoms. The summed E-state index contributed by atoms with van der Waals surface area (Å²) in [5.41, 5.74) is 11.1. The van der Waals surface area contributed by atoms with Crippen molar-refractivity contribution >= 4 is 28.4 Å². The highest BCUT2D eigenvalue weighted by atomic mass is 15.2. The molecule has 0 aliphatic carbocycles. The summed E-state index contributed by atoms with van der Waals surface area (Å²) in [4.78, 5) is 4.37. The molecule has 0 fully saturated rings. The minimum Gasteiger partial charge on any atom is -0.399 e. The van der Waals surface area contributed by atoms with Gasteiger partial charge in [0.1, 0.15) is 0 Å². The van der Waals surface area contributed by atoms with Crippen molar-refractivity contribution in [1.82, 2.24) is 0 Å². The predicted molar refractivity (Wildman–Crippen MR) is 99.9 cm³/mol. The van der Waals surface area contributed by atoms with Gasteiger partial charge in [-0.2, -0.15) is 0 Å². The molecule has 3 rings (SSSR count). The lowest BCUT2D eigenvalue weighted by atomic mass is 10.1. The molecule has 0 radical (unpaired) electrons. The van der Waals surface area contributed by atoms with Gasteiger partial charge in [0.05, 0.1) is 11.4 Å². The van der Waals surface area contributed by atoms with Crippen molar-refractivity contribution in [2.75, 3.05) is 29.6 Å². The third kappa shape index (κ3) is 3.14. The molecule has 0 heterocycles. The largest absolute Gasteiger partial charge is 0.399 e. The smallest absolute Gasteiger partial charge is 0.0695 e. The third-order valence-electron chi connectivity index (χ3n) is 3.77. The molecule has 0 unspecified atom stereocenters. The van der Waals surface area contributed by atoms with Crippen LogP contribution in [0.15, 0.2) is 78.9 Å². The first-order chi connectivity index (χ1) is 11.2. The van der Waals surface area contributed by atoms with Gasteiger partial charge in [-0.05, 0) is 48.5 Å². The van der Waals surface area contributed by atoms with E-state index in [0.717, 1.165) is 28.4 Å². The summed E-state index contributed by atoms with van der Waals surface area (Å²) in [6, 6.07) is 26.7. The average Bonchev–Trinajstić information content (AvgIpc) is 2.58. The van der Waals surface area contributed by atoms with Gasteiger partial charge in [-0.15, -0.1) is 0 Å². The summed E-state index contributed by atoms with van der Waals surface area (Å²) >= 11 is 0. The van der Waals surface area contributed by atoms with Crippen LogP contribution in [0, 0.1) is 0 Å². The highest BCUT2D eigenvalue weighted by molar-refractivity contribution is 5.85. The van der Waals surface area contributed by atoms with Crippen LogP contribution in [0.3, 0.4) is 0 Å². The van der Waals surface area contributed by atoms with Gasteiger partial charge in [-0.3, -0.25) is 0 Å². The van der Waals surface area contributed by atoms with Crippen molar-refractivity contribution in [2.24, 2.45) is 0 Å². The first-order valence-electron chi connectivity index (χ1n) is 7.64. The van der Waals surface area contributed by atoms with Crippen molar-refractivity contribution < 1.29 is 0 Å². The van der Waals surface area contributed by atoms with Crippen molar-refractivity contribution in [3.63, 3.8) is 0 Å². The number of nitrogen functional groups attached to an aromatic ring is 1. The maximum atomic E-state index is 5.86. The van der Waals surface area contributed by atoms with E-state index in [1.54, 1.807) is 0 Å². The van der Waals surface area contributed by atoms with Gasteiger partial charge in [0.2, 0.25) is 0 Å². The molecular weight excluding hydrogens is 282 g/mol. The number of hydrogen-bond acceptors (Lipinski definition) is 3. The number of para-hydroxylation sites is 3. The topological polar surface area (TPSA) is 32.5 Å². The van der Waals surface area contributed by atoms with Gasteiger partial charge in [-0.1, -0.05) is 30.3 Å². The summed E-state index contributed by atoms with van der Waals surface area (Å²) in [6.07, 6.45) is 0. The van der Waals surface area contributed by atoms with Crippen LogP contribution in [0.4, 0.5) is 28.4 Å². The lowest BCUT2D eigenvalue weighted by Crippen LogP contribution is -2.16. The number of benzene rings is 3. The van der Waals surface area contributed by atoms with E-state index in [2.05, 4.69) is 84.6 Å². The fraction of sp³-hybridized carbons (Fsp3) is 0.100. The molecule has 0 aliphatic heterocycles. The Morgan fingerprint density at radius 2 is 1.13 bits per heavy atom. The Balaban J connectivity index is 2.19. The van der Waals surface area contributed by atoms with E-state index in [4.69, 9.17) is 5.73 Å². The van der Waals surface area contributed by atoms with Crippen molar-refractivity contribution in [1.29, 1.82) is 0 Å². The van der Waals surface area contributed by atoms with Crippen molar-refractivity contribution in [2.45, 2.75) is 0 Å². The maximum absolute atomic E-state index is 5.86. The normalized spacial score (nSPS) is 10.3. The Morgan fingerprint density at radius 3 is 1.74 bits per heavy atom. The minimum absolute atomic E-state index is 0.766. The van der Waals surface area contributed by atoms with E-state index in [-0.39, 0.29) is 0 Å². The van der Waals surface area contributed by atoms with E-state index in [9.17, 15) is 0 Å². The first-order valence-corrected chi connectivity index (χ1v) is 7.64. The lowest BCUT2D eigenvalue weighted by Gasteiger charge is -2.29. The molecule has 3 nitrogen and oxygen atoms in total. The summed E-state index contributed by atoms with van der Waals surface area (Å²) in [7, 11) is 4.12. The van der Waals surface area contributed by atoms with E-state index >= 15 is 0 Å². The second-order valence-corrected chi connectivity index (χ2v) is 5.65. The average molecular weight is 303 g/mol. The molecule has 0 atom stereocenters. The summed E-state index contributed by atoms with van der Waals surface area (Å²) in [6.45, 7) is 0. The zero-order valence-corrected chi connectivity index (χ0v) is 13.5. The number of hydrogen-bond donors (Lipinski definition) is 1.